The lowest BCUT2D eigenvalue weighted by Gasteiger charge is -2.35. The van der Waals surface area contributed by atoms with Crippen molar-refractivity contribution in [3.8, 4) is 0 Å². The van der Waals surface area contributed by atoms with Crippen molar-refractivity contribution in [1.29, 1.82) is 0 Å². The SMILES string of the molecule is Cl.O=C(OC1CCNCC1)C(OCCCF)(c1ccccc1)c1ccccc1. The van der Waals surface area contributed by atoms with Crippen LogP contribution in [-0.4, -0.2) is 38.4 Å². The highest BCUT2D eigenvalue weighted by Crippen LogP contribution is 2.36. The Bertz CT molecular complexity index is 669. The van der Waals surface area contributed by atoms with Crippen LogP contribution in [-0.2, 0) is 19.9 Å². The molecule has 0 amide bonds. The summed E-state index contributed by atoms with van der Waals surface area (Å²) >= 11 is 0. The molecular weight excluding hydrogens is 381 g/mol. The van der Waals surface area contributed by atoms with Gasteiger partial charge < -0.3 is 14.8 Å². The number of piperidine rings is 1. The number of carbonyl (C=O) groups is 1. The maximum Gasteiger partial charge on any atom is 0.348 e. The largest absolute Gasteiger partial charge is 0.460 e. The van der Waals surface area contributed by atoms with Gasteiger partial charge in [-0.05, 0) is 43.5 Å². The van der Waals surface area contributed by atoms with E-state index in [4.69, 9.17) is 9.47 Å². The maximum absolute atomic E-state index is 13.5. The molecule has 1 aliphatic rings. The fraction of sp³-hybridized carbons (Fsp3) is 0.409. The number of hydrogen-bond donors (Lipinski definition) is 1. The zero-order chi connectivity index (χ0) is 19.0. The molecule has 0 atom stereocenters. The Hall–Kier alpha value is -1.95. The second kappa shape index (κ2) is 11.1. The highest BCUT2D eigenvalue weighted by molar-refractivity contribution is 5.86. The average molecular weight is 408 g/mol. The Morgan fingerprint density at radius 2 is 1.54 bits per heavy atom. The zero-order valence-corrected chi connectivity index (χ0v) is 16.6. The van der Waals surface area contributed by atoms with Gasteiger partial charge in [-0.2, -0.15) is 0 Å². The topological polar surface area (TPSA) is 47.6 Å². The standard InChI is InChI=1S/C22H26FNO3.ClH/c23-14-7-17-26-22(18-8-3-1-4-9-18,19-10-5-2-6-11-19)21(25)27-20-12-15-24-16-13-20;/h1-6,8-11,20,24H,7,12-17H2;1H. The molecule has 0 saturated carbocycles. The van der Waals surface area contributed by atoms with Gasteiger partial charge in [0.25, 0.3) is 0 Å². The molecule has 1 fully saturated rings. The first-order valence-corrected chi connectivity index (χ1v) is 9.50. The fourth-order valence-electron chi connectivity index (χ4n) is 3.40. The predicted octanol–water partition coefficient (Wildman–Crippen LogP) is 4.02. The highest BCUT2D eigenvalue weighted by Gasteiger charge is 2.46. The zero-order valence-electron chi connectivity index (χ0n) is 15.8. The first-order chi connectivity index (χ1) is 13.3. The lowest BCUT2D eigenvalue weighted by molar-refractivity contribution is -0.175. The number of halogens is 2. The van der Waals surface area contributed by atoms with Crippen LogP contribution in [0.3, 0.4) is 0 Å². The Morgan fingerprint density at radius 1 is 1.00 bits per heavy atom. The van der Waals surface area contributed by atoms with Crippen LogP contribution in [0, 0.1) is 0 Å². The number of ether oxygens (including phenoxy) is 2. The minimum Gasteiger partial charge on any atom is -0.460 e. The molecule has 2 aromatic carbocycles. The number of esters is 1. The summed E-state index contributed by atoms with van der Waals surface area (Å²) in [5.41, 5.74) is -0.0225. The molecule has 2 aromatic rings. The Morgan fingerprint density at radius 3 is 2.04 bits per heavy atom. The number of alkyl halides is 1. The summed E-state index contributed by atoms with van der Waals surface area (Å²) in [6, 6.07) is 18.6. The molecule has 1 N–H and O–H groups in total. The summed E-state index contributed by atoms with van der Waals surface area (Å²) < 4.78 is 24.8. The van der Waals surface area contributed by atoms with Gasteiger partial charge in [-0.25, -0.2) is 4.79 Å². The molecule has 4 nitrogen and oxygen atoms in total. The lowest BCUT2D eigenvalue weighted by Crippen LogP contribution is -2.45. The van der Waals surface area contributed by atoms with Gasteiger partial charge in [-0.1, -0.05) is 60.7 Å². The normalized spacial score (nSPS) is 14.9. The van der Waals surface area contributed by atoms with Crippen LogP contribution in [0.4, 0.5) is 4.39 Å². The number of benzene rings is 2. The van der Waals surface area contributed by atoms with Crippen LogP contribution in [0.15, 0.2) is 60.7 Å². The van der Waals surface area contributed by atoms with Gasteiger partial charge in [-0.15, -0.1) is 12.4 Å². The molecule has 0 aliphatic carbocycles. The molecule has 0 unspecified atom stereocenters. The van der Waals surface area contributed by atoms with Crippen LogP contribution in [0.1, 0.15) is 30.4 Å². The van der Waals surface area contributed by atoms with Gasteiger partial charge in [0.1, 0.15) is 6.10 Å². The van der Waals surface area contributed by atoms with Crippen LogP contribution < -0.4 is 5.32 Å². The molecule has 0 spiro atoms. The van der Waals surface area contributed by atoms with E-state index in [1.165, 1.54) is 0 Å². The monoisotopic (exact) mass is 407 g/mol. The van der Waals surface area contributed by atoms with Crippen molar-refractivity contribution in [3.63, 3.8) is 0 Å². The van der Waals surface area contributed by atoms with E-state index in [0.29, 0.717) is 11.1 Å². The van der Waals surface area contributed by atoms with Gasteiger partial charge in [-0.3, -0.25) is 4.39 Å². The van der Waals surface area contributed by atoms with E-state index in [0.717, 1.165) is 25.9 Å². The second-order valence-corrected chi connectivity index (χ2v) is 6.66. The number of carbonyl (C=O) groups excluding carboxylic acids is 1. The molecule has 0 aromatic heterocycles. The van der Waals surface area contributed by atoms with Gasteiger partial charge in [0.05, 0.1) is 13.3 Å². The first kappa shape index (κ1) is 22.3. The summed E-state index contributed by atoms with van der Waals surface area (Å²) in [7, 11) is 0. The van der Waals surface area contributed by atoms with Gasteiger partial charge in [0.2, 0.25) is 5.60 Å². The van der Waals surface area contributed by atoms with Crippen molar-refractivity contribution in [2.45, 2.75) is 31.0 Å². The van der Waals surface area contributed by atoms with Crippen molar-refractivity contribution in [3.05, 3.63) is 71.8 Å². The van der Waals surface area contributed by atoms with E-state index in [1.54, 1.807) is 0 Å². The van der Waals surface area contributed by atoms with E-state index >= 15 is 0 Å². The third-order valence-electron chi connectivity index (χ3n) is 4.80. The Labute approximate surface area is 171 Å². The van der Waals surface area contributed by atoms with Crippen molar-refractivity contribution >= 4 is 18.4 Å². The van der Waals surface area contributed by atoms with E-state index in [1.807, 2.05) is 60.7 Å². The molecule has 3 rings (SSSR count). The van der Waals surface area contributed by atoms with E-state index in [9.17, 15) is 9.18 Å². The third-order valence-corrected chi connectivity index (χ3v) is 4.80. The summed E-state index contributed by atoms with van der Waals surface area (Å²) in [6.45, 7) is 1.28. The summed E-state index contributed by atoms with van der Waals surface area (Å²) in [5, 5.41) is 3.27. The smallest absolute Gasteiger partial charge is 0.348 e. The fourth-order valence-corrected chi connectivity index (χ4v) is 3.40. The number of hydrogen-bond acceptors (Lipinski definition) is 4. The molecular formula is C22H27ClFNO3. The molecule has 1 saturated heterocycles. The van der Waals surface area contributed by atoms with Crippen LogP contribution in [0.5, 0.6) is 0 Å². The molecule has 0 radical (unpaired) electrons. The van der Waals surface area contributed by atoms with Crippen LogP contribution in [0.2, 0.25) is 0 Å². The summed E-state index contributed by atoms with van der Waals surface area (Å²) in [6.07, 6.45) is 1.63. The van der Waals surface area contributed by atoms with Crippen molar-refractivity contribution in [2.24, 2.45) is 0 Å². The van der Waals surface area contributed by atoms with E-state index in [2.05, 4.69) is 5.32 Å². The highest BCUT2D eigenvalue weighted by atomic mass is 35.5. The first-order valence-electron chi connectivity index (χ1n) is 9.50. The van der Waals surface area contributed by atoms with Crippen LogP contribution in [0.25, 0.3) is 0 Å². The van der Waals surface area contributed by atoms with Gasteiger partial charge >= 0.3 is 5.97 Å². The molecule has 152 valence electrons. The predicted molar refractivity (Wildman–Crippen MR) is 109 cm³/mol. The van der Waals surface area contributed by atoms with E-state index < -0.39 is 18.2 Å². The minimum absolute atomic E-state index is 0. The van der Waals surface area contributed by atoms with Crippen molar-refractivity contribution in [1.82, 2.24) is 5.32 Å². The maximum atomic E-state index is 13.5. The lowest BCUT2D eigenvalue weighted by atomic mass is 9.85. The van der Waals surface area contributed by atoms with Crippen molar-refractivity contribution < 1.29 is 18.7 Å². The summed E-state index contributed by atoms with van der Waals surface area (Å²) in [5.74, 6) is -0.439. The quantitative estimate of drug-likeness (QED) is 0.530. The molecule has 1 aliphatic heterocycles. The van der Waals surface area contributed by atoms with E-state index in [-0.39, 0.29) is 31.5 Å². The average Bonchev–Trinajstić information content (AvgIpc) is 2.73. The molecule has 0 bridgehead atoms. The molecule has 28 heavy (non-hydrogen) atoms. The number of nitrogens with one attached hydrogen (secondary N) is 1. The second-order valence-electron chi connectivity index (χ2n) is 6.66. The van der Waals surface area contributed by atoms with Gasteiger partial charge in [0.15, 0.2) is 0 Å². The molecule has 1 heterocycles. The molecule has 6 heteroatoms. The van der Waals surface area contributed by atoms with Gasteiger partial charge in [0, 0.05) is 0 Å². The van der Waals surface area contributed by atoms with Crippen molar-refractivity contribution in [2.75, 3.05) is 26.4 Å². The van der Waals surface area contributed by atoms with Crippen LogP contribution >= 0.6 is 12.4 Å². The Balaban J connectivity index is 0.00000280. The third kappa shape index (κ3) is 5.10. The number of rotatable bonds is 8. The summed E-state index contributed by atoms with van der Waals surface area (Å²) in [4.78, 5) is 13.5. The Kier molecular flexibility index (Phi) is 8.90. The minimum atomic E-state index is -1.40.